The molecule has 1 amide bonds. The monoisotopic (exact) mass is 308 g/mol. The van der Waals surface area contributed by atoms with Gasteiger partial charge in [0.25, 0.3) is 0 Å². The lowest BCUT2D eigenvalue weighted by Gasteiger charge is -2.59. The molecule has 0 aromatic rings. The van der Waals surface area contributed by atoms with Crippen LogP contribution < -0.4 is 10.6 Å². The van der Waals surface area contributed by atoms with Crippen LogP contribution in [-0.4, -0.2) is 36.0 Å². The van der Waals surface area contributed by atoms with Crippen LogP contribution in [0, 0.1) is 23.2 Å². The predicted molar refractivity (Wildman–Crippen MR) is 87.3 cm³/mol. The first-order valence-electron chi connectivity index (χ1n) is 8.76. The number of carbonyl (C=O) groups is 1. The number of thioether (sulfide) groups is 1. The summed E-state index contributed by atoms with van der Waals surface area (Å²) in [6, 6.07) is 0.382. The van der Waals surface area contributed by atoms with Crippen LogP contribution in [-0.2, 0) is 4.79 Å². The number of rotatable bonds is 3. The maximum Gasteiger partial charge on any atom is 0.238 e. The number of carbonyl (C=O) groups excluding carboxylic acids is 1. The van der Waals surface area contributed by atoms with E-state index in [0.29, 0.717) is 11.5 Å². The Morgan fingerprint density at radius 2 is 1.81 bits per heavy atom. The Balaban J connectivity index is 1.42. The second-order valence-corrected chi connectivity index (χ2v) is 9.24. The lowest BCUT2D eigenvalue weighted by Crippen LogP contribution is -2.59. The Kier molecular flexibility index (Phi) is 3.73. The summed E-state index contributed by atoms with van der Waals surface area (Å²) in [5.74, 6) is 5.18. The van der Waals surface area contributed by atoms with Gasteiger partial charge in [0, 0.05) is 24.1 Å². The molecule has 4 aliphatic carbocycles. The minimum absolute atomic E-state index is 0.0279. The molecule has 4 heteroatoms. The Labute approximate surface area is 132 Å². The van der Waals surface area contributed by atoms with Crippen molar-refractivity contribution in [2.24, 2.45) is 23.2 Å². The van der Waals surface area contributed by atoms with Gasteiger partial charge < -0.3 is 10.6 Å². The molecule has 0 aromatic heterocycles. The summed E-state index contributed by atoms with van der Waals surface area (Å²) in [6.07, 6.45) is 8.52. The van der Waals surface area contributed by atoms with Crippen molar-refractivity contribution in [1.29, 1.82) is 0 Å². The molecule has 1 saturated heterocycles. The lowest BCUT2D eigenvalue weighted by atomic mass is 9.48. The van der Waals surface area contributed by atoms with E-state index in [1.54, 1.807) is 0 Å². The fraction of sp³-hybridized carbons (Fsp3) is 0.941. The molecule has 21 heavy (non-hydrogen) atoms. The van der Waals surface area contributed by atoms with Crippen LogP contribution in [0.5, 0.6) is 0 Å². The average molecular weight is 308 g/mol. The Morgan fingerprint density at radius 3 is 2.33 bits per heavy atom. The number of amides is 1. The van der Waals surface area contributed by atoms with Crippen molar-refractivity contribution >= 4 is 17.7 Å². The fourth-order valence-corrected chi connectivity index (χ4v) is 6.84. The summed E-state index contributed by atoms with van der Waals surface area (Å²) in [4.78, 5) is 12.5. The minimum atomic E-state index is 0.0279. The summed E-state index contributed by atoms with van der Waals surface area (Å²) >= 11 is 1.89. The zero-order valence-electron chi connectivity index (χ0n) is 13.1. The van der Waals surface area contributed by atoms with Gasteiger partial charge in [0.1, 0.15) is 0 Å². The van der Waals surface area contributed by atoms with Gasteiger partial charge >= 0.3 is 0 Å². The summed E-state index contributed by atoms with van der Waals surface area (Å²) in [6.45, 7) is 3.25. The van der Waals surface area contributed by atoms with Crippen molar-refractivity contribution in [3.63, 3.8) is 0 Å². The summed E-state index contributed by atoms with van der Waals surface area (Å²) in [5.41, 5.74) is 0.423. The third-order valence-corrected chi connectivity index (χ3v) is 7.66. The van der Waals surface area contributed by atoms with Crippen molar-refractivity contribution in [3.05, 3.63) is 0 Å². The van der Waals surface area contributed by atoms with Crippen molar-refractivity contribution in [2.75, 3.05) is 18.1 Å². The van der Waals surface area contributed by atoms with E-state index in [1.807, 2.05) is 11.8 Å². The van der Waals surface area contributed by atoms with Crippen LogP contribution in [0.25, 0.3) is 0 Å². The lowest BCUT2D eigenvalue weighted by molar-refractivity contribution is -0.127. The van der Waals surface area contributed by atoms with E-state index in [1.165, 1.54) is 38.5 Å². The third kappa shape index (κ3) is 2.63. The predicted octanol–water partition coefficient (Wildman–Crippen LogP) is 2.41. The molecular weight excluding hydrogens is 280 g/mol. The van der Waals surface area contributed by atoms with E-state index in [9.17, 15) is 4.79 Å². The molecule has 5 fully saturated rings. The summed E-state index contributed by atoms with van der Waals surface area (Å²) < 4.78 is 0. The van der Waals surface area contributed by atoms with Gasteiger partial charge in [0.2, 0.25) is 5.91 Å². The SMILES string of the molecule is CC(NC(=O)C1CSCCN1)C12CC3CC(CC(C3)C1)C2. The van der Waals surface area contributed by atoms with Gasteiger partial charge in [0.05, 0.1) is 6.04 Å². The molecule has 5 aliphatic rings. The molecule has 5 rings (SSSR count). The highest BCUT2D eigenvalue weighted by Gasteiger charge is 2.53. The molecule has 1 aliphatic heterocycles. The third-order valence-electron chi connectivity index (χ3n) is 6.60. The standard InChI is InChI=1S/C17H28N2OS/c1-11(19-16(20)15-10-21-3-2-18-15)17-7-12-4-13(8-17)6-14(5-12)9-17/h11-15,18H,2-10H2,1H3,(H,19,20). The molecule has 0 aromatic carbocycles. The van der Waals surface area contributed by atoms with Gasteiger partial charge in [-0.2, -0.15) is 11.8 Å². The van der Waals surface area contributed by atoms with Crippen LogP contribution in [0.3, 0.4) is 0 Å². The molecule has 0 radical (unpaired) electrons. The second-order valence-electron chi connectivity index (χ2n) is 8.09. The Morgan fingerprint density at radius 1 is 1.19 bits per heavy atom. The van der Waals surface area contributed by atoms with Crippen LogP contribution in [0.2, 0.25) is 0 Å². The highest BCUT2D eigenvalue weighted by atomic mass is 32.2. The second kappa shape index (κ2) is 5.45. The topological polar surface area (TPSA) is 41.1 Å². The van der Waals surface area contributed by atoms with Gasteiger partial charge in [-0.15, -0.1) is 0 Å². The molecule has 3 nitrogen and oxygen atoms in total. The van der Waals surface area contributed by atoms with E-state index < -0.39 is 0 Å². The molecule has 4 saturated carbocycles. The maximum atomic E-state index is 12.5. The normalized spacial score (nSPS) is 46.3. The summed E-state index contributed by atoms with van der Waals surface area (Å²) in [7, 11) is 0. The molecule has 118 valence electrons. The molecule has 1 heterocycles. The zero-order chi connectivity index (χ0) is 14.4. The Bertz CT molecular complexity index is 384. The van der Waals surface area contributed by atoms with Crippen molar-refractivity contribution < 1.29 is 4.79 Å². The van der Waals surface area contributed by atoms with Gasteiger partial charge in [0.15, 0.2) is 0 Å². The fourth-order valence-electron chi connectivity index (χ4n) is 5.91. The zero-order valence-corrected chi connectivity index (χ0v) is 13.9. The van der Waals surface area contributed by atoms with Crippen LogP contribution in [0.4, 0.5) is 0 Å². The Hall–Kier alpha value is -0.220. The number of nitrogens with one attached hydrogen (secondary N) is 2. The van der Waals surface area contributed by atoms with E-state index in [4.69, 9.17) is 0 Å². The molecule has 2 unspecified atom stereocenters. The van der Waals surface area contributed by atoms with Gasteiger partial charge in [-0.25, -0.2) is 0 Å². The van der Waals surface area contributed by atoms with Gasteiger partial charge in [-0.05, 0) is 68.6 Å². The summed E-state index contributed by atoms with van der Waals surface area (Å²) in [5, 5.41) is 6.76. The number of hydrogen-bond donors (Lipinski definition) is 2. The first-order chi connectivity index (χ1) is 10.1. The van der Waals surface area contributed by atoms with Gasteiger partial charge in [-0.1, -0.05) is 0 Å². The minimum Gasteiger partial charge on any atom is -0.352 e. The van der Waals surface area contributed by atoms with E-state index >= 15 is 0 Å². The van der Waals surface area contributed by atoms with Crippen LogP contribution in [0.15, 0.2) is 0 Å². The smallest absolute Gasteiger partial charge is 0.238 e. The van der Waals surface area contributed by atoms with E-state index in [0.717, 1.165) is 35.8 Å². The largest absolute Gasteiger partial charge is 0.352 e. The van der Waals surface area contributed by atoms with E-state index in [2.05, 4.69) is 17.6 Å². The van der Waals surface area contributed by atoms with Crippen molar-refractivity contribution in [2.45, 2.75) is 57.5 Å². The van der Waals surface area contributed by atoms with Crippen molar-refractivity contribution in [3.8, 4) is 0 Å². The first kappa shape index (κ1) is 14.4. The first-order valence-corrected chi connectivity index (χ1v) is 9.91. The van der Waals surface area contributed by atoms with Crippen LogP contribution in [0.1, 0.15) is 45.4 Å². The van der Waals surface area contributed by atoms with Crippen molar-refractivity contribution in [1.82, 2.24) is 10.6 Å². The maximum absolute atomic E-state index is 12.5. The number of hydrogen-bond acceptors (Lipinski definition) is 3. The average Bonchev–Trinajstić information content (AvgIpc) is 2.46. The van der Waals surface area contributed by atoms with E-state index in [-0.39, 0.29) is 11.9 Å². The molecule has 0 spiro atoms. The highest BCUT2D eigenvalue weighted by molar-refractivity contribution is 7.99. The molecule has 2 N–H and O–H groups in total. The molecule has 2 atom stereocenters. The highest BCUT2D eigenvalue weighted by Crippen LogP contribution is 2.61. The quantitative estimate of drug-likeness (QED) is 0.841. The molecular formula is C17H28N2OS. The molecule has 4 bridgehead atoms. The van der Waals surface area contributed by atoms with Gasteiger partial charge in [-0.3, -0.25) is 4.79 Å². The van der Waals surface area contributed by atoms with Crippen LogP contribution >= 0.6 is 11.8 Å².